The molecule has 5 heteroatoms. The molecular weight excluding hydrogens is 382 g/mol. The highest BCUT2D eigenvalue weighted by Gasteiger charge is 2.42. The lowest BCUT2D eigenvalue weighted by Gasteiger charge is -2.42. The molecule has 0 fully saturated rings. The maximum atomic E-state index is 6.08. The zero-order chi connectivity index (χ0) is 19.7. The lowest BCUT2D eigenvalue weighted by Crippen LogP contribution is -2.49. The Morgan fingerprint density at radius 2 is 1.79 bits per heavy atom. The van der Waals surface area contributed by atoms with Gasteiger partial charge in [0.2, 0.25) is 5.89 Å². The van der Waals surface area contributed by atoms with Crippen LogP contribution < -0.4 is 5.32 Å². The summed E-state index contributed by atoms with van der Waals surface area (Å²) in [5.41, 5.74) is 5.03. The van der Waals surface area contributed by atoms with Crippen LogP contribution in [-0.4, -0.2) is 9.97 Å². The number of halogens is 1. The smallest absolute Gasteiger partial charge is 0.212 e. The van der Waals surface area contributed by atoms with Gasteiger partial charge in [0.05, 0.1) is 17.3 Å². The van der Waals surface area contributed by atoms with E-state index >= 15 is 0 Å². The Kier molecular flexibility index (Phi) is 6.75. The largest absolute Gasteiger partial charge is 0.444 e. The van der Waals surface area contributed by atoms with E-state index in [1.54, 1.807) is 0 Å². The third-order valence-electron chi connectivity index (χ3n) is 6.41. The van der Waals surface area contributed by atoms with Gasteiger partial charge in [-0.25, -0.2) is 4.98 Å². The lowest BCUT2D eigenvalue weighted by atomic mass is 9.77. The standard InChI is InChI=1S/C24H33N3O.ClH/c1-5-7-13-24(14-8-6-2)22-19(18-11-9-10-12-20(18)26-22)15-21(27-24)23-25-16(3)17(4)28-23;/h9-12,21,26-27H,5-8,13-15H2,1-4H3;1H/t21-;/m1./s1. The molecular formula is C24H34ClN3O. The Hall–Kier alpha value is -1.78. The fraction of sp³-hybridized carbons (Fsp3) is 0.542. The molecule has 0 spiro atoms. The second-order valence-corrected chi connectivity index (χ2v) is 8.41. The van der Waals surface area contributed by atoms with E-state index in [4.69, 9.17) is 9.40 Å². The number of benzene rings is 1. The summed E-state index contributed by atoms with van der Waals surface area (Å²) in [5, 5.41) is 5.37. The molecule has 2 N–H and O–H groups in total. The lowest BCUT2D eigenvalue weighted by molar-refractivity contribution is 0.197. The van der Waals surface area contributed by atoms with Gasteiger partial charge in [-0.15, -0.1) is 12.4 Å². The summed E-state index contributed by atoms with van der Waals surface area (Å²) >= 11 is 0. The first-order valence-electron chi connectivity index (χ1n) is 10.9. The molecule has 158 valence electrons. The van der Waals surface area contributed by atoms with Gasteiger partial charge in [0.15, 0.2) is 0 Å². The maximum Gasteiger partial charge on any atom is 0.212 e. The van der Waals surface area contributed by atoms with Crippen LogP contribution in [0.3, 0.4) is 0 Å². The fourth-order valence-corrected chi connectivity index (χ4v) is 4.75. The molecule has 0 bridgehead atoms. The number of fused-ring (bicyclic) bond motifs is 3. The molecule has 1 aliphatic heterocycles. The molecule has 1 aliphatic rings. The first kappa shape index (κ1) is 21.9. The minimum Gasteiger partial charge on any atom is -0.444 e. The number of unbranched alkanes of at least 4 members (excludes halogenated alkanes) is 2. The van der Waals surface area contributed by atoms with Crippen LogP contribution in [0.15, 0.2) is 28.7 Å². The number of aryl methyl sites for hydroxylation is 2. The molecule has 1 aromatic carbocycles. The van der Waals surface area contributed by atoms with Crippen LogP contribution in [-0.2, 0) is 12.0 Å². The number of nitrogens with one attached hydrogen (secondary N) is 2. The predicted octanol–water partition coefficient (Wildman–Crippen LogP) is 6.66. The van der Waals surface area contributed by atoms with Gasteiger partial charge in [0.1, 0.15) is 5.76 Å². The van der Waals surface area contributed by atoms with Crippen molar-refractivity contribution in [2.24, 2.45) is 0 Å². The van der Waals surface area contributed by atoms with Crippen LogP contribution in [0.5, 0.6) is 0 Å². The molecule has 4 nitrogen and oxygen atoms in total. The number of H-pyrrole nitrogens is 1. The van der Waals surface area contributed by atoms with E-state index < -0.39 is 0 Å². The second kappa shape index (κ2) is 8.93. The number of hydrogen-bond acceptors (Lipinski definition) is 3. The van der Waals surface area contributed by atoms with Crippen molar-refractivity contribution < 1.29 is 4.42 Å². The van der Waals surface area contributed by atoms with Gasteiger partial charge in [0, 0.05) is 16.6 Å². The topological polar surface area (TPSA) is 53.9 Å². The van der Waals surface area contributed by atoms with E-state index in [0.29, 0.717) is 0 Å². The van der Waals surface area contributed by atoms with Crippen molar-refractivity contribution in [2.45, 2.75) is 84.2 Å². The van der Waals surface area contributed by atoms with Crippen molar-refractivity contribution >= 4 is 23.3 Å². The molecule has 0 aliphatic carbocycles. The molecule has 3 heterocycles. The monoisotopic (exact) mass is 415 g/mol. The first-order valence-corrected chi connectivity index (χ1v) is 10.9. The van der Waals surface area contributed by atoms with Gasteiger partial charge in [-0.2, -0.15) is 0 Å². The fourth-order valence-electron chi connectivity index (χ4n) is 4.75. The maximum absolute atomic E-state index is 6.08. The van der Waals surface area contributed by atoms with Gasteiger partial charge in [-0.05, 0) is 44.7 Å². The molecule has 2 aromatic heterocycles. The Morgan fingerprint density at radius 1 is 1.10 bits per heavy atom. The van der Waals surface area contributed by atoms with E-state index in [1.165, 1.54) is 47.8 Å². The van der Waals surface area contributed by atoms with Crippen LogP contribution in [0.1, 0.15) is 87.0 Å². The van der Waals surface area contributed by atoms with Crippen molar-refractivity contribution in [1.82, 2.24) is 15.3 Å². The molecule has 4 rings (SSSR count). The van der Waals surface area contributed by atoms with Gasteiger partial charge in [0.25, 0.3) is 0 Å². The van der Waals surface area contributed by atoms with Gasteiger partial charge >= 0.3 is 0 Å². The highest BCUT2D eigenvalue weighted by Crippen LogP contribution is 2.44. The Morgan fingerprint density at radius 3 is 2.41 bits per heavy atom. The molecule has 0 radical (unpaired) electrons. The number of hydrogen-bond donors (Lipinski definition) is 2. The summed E-state index contributed by atoms with van der Waals surface area (Å²) in [7, 11) is 0. The zero-order valence-electron chi connectivity index (χ0n) is 18.1. The average Bonchev–Trinajstić information content (AvgIpc) is 3.25. The summed E-state index contributed by atoms with van der Waals surface area (Å²) in [6.07, 6.45) is 8.01. The quantitative estimate of drug-likeness (QED) is 0.453. The van der Waals surface area contributed by atoms with Crippen LogP contribution >= 0.6 is 12.4 Å². The second-order valence-electron chi connectivity index (χ2n) is 8.41. The molecule has 0 saturated carbocycles. The minimum absolute atomic E-state index is 0. The van der Waals surface area contributed by atoms with Crippen molar-refractivity contribution in [2.75, 3.05) is 0 Å². The van der Waals surface area contributed by atoms with E-state index in [9.17, 15) is 0 Å². The van der Waals surface area contributed by atoms with E-state index in [2.05, 4.69) is 48.4 Å². The van der Waals surface area contributed by atoms with Crippen LogP contribution in [0.25, 0.3) is 10.9 Å². The Labute approximate surface area is 180 Å². The van der Waals surface area contributed by atoms with Crippen LogP contribution in [0, 0.1) is 13.8 Å². The van der Waals surface area contributed by atoms with E-state index in [-0.39, 0.29) is 24.0 Å². The molecule has 29 heavy (non-hydrogen) atoms. The van der Waals surface area contributed by atoms with Crippen molar-refractivity contribution in [1.29, 1.82) is 0 Å². The summed E-state index contributed by atoms with van der Waals surface area (Å²) in [5.74, 6) is 1.76. The van der Waals surface area contributed by atoms with Crippen molar-refractivity contribution in [3.63, 3.8) is 0 Å². The van der Waals surface area contributed by atoms with Crippen LogP contribution in [0.2, 0.25) is 0 Å². The predicted molar refractivity (Wildman–Crippen MR) is 122 cm³/mol. The van der Waals surface area contributed by atoms with E-state index in [0.717, 1.165) is 36.6 Å². The number of rotatable bonds is 7. The number of aromatic nitrogens is 2. The summed E-state index contributed by atoms with van der Waals surface area (Å²) in [6, 6.07) is 8.84. The molecule has 0 amide bonds. The number of nitrogens with zero attached hydrogens (tertiary/aromatic N) is 1. The average molecular weight is 416 g/mol. The molecule has 1 atom stereocenters. The highest BCUT2D eigenvalue weighted by molar-refractivity contribution is 5.86. The Bertz CT molecular complexity index is 931. The third-order valence-corrected chi connectivity index (χ3v) is 6.41. The zero-order valence-corrected chi connectivity index (χ0v) is 18.9. The summed E-state index contributed by atoms with van der Waals surface area (Å²) in [4.78, 5) is 8.56. The number of oxazole rings is 1. The normalized spacial score (nSPS) is 17.9. The molecule has 0 unspecified atom stereocenters. The molecule has 3 aromatic rings. The highest BCUT2D eigenvalue weighted by atomic mass is 35.5. The third kappa shape index (κ3) is 3.97. The van der Waals surface area contributed by atoms with Crippen molar-refractivity contribution in [3.05, 3.63) is 52.9 Å². The Balaban J connectivity index is 0.00000240. The number of aromatic amines is 1. The van der Waals surface area contributed by atoms with Crippen molar-refractivity contribution in [3.8, 4) is 0 Å². The summed E-state index contributed by atoms with van der Waals surface area (Å²) < 4.78 is 6.08. The van der Waals surface area contributed by atoms with Gasteiger partial charge < -0.3 is 9.40 Å². The van der Waals surface area contributed by atoms with Gasteiger partial charge in [-0.3, -0.25) is 5.32 Å². The minimum atomic E-state index is -0.0421. The van der Waals surface area contributed by atoms with Crippen LogP contribution in [0.4, 0.5) is 0 Å². The molecule has 0 saturated heterocycles. The van der Waals surface area contributed by atoms with Gasteiger partial charge in [-0.1, -0.05) is 57.7 Å². The number of para-hydroxylation sites is 1. The van der Waals surface area contributed by atoms with E-state index in [1.807, 2.05) is 13.8 Å². The first-order chi connectivity index (χ1) is 13.6. The summed E-state index contributed by atoms with van der Waals surface area (Å²) in [6.45, 7) is 8.60. The SMILES string of the molecule is CCCCC1(CCCC)N[C@@H](c2nc(C)c(C)o2)Cc2c1[nH]c1ccccc21.Cl.